The van der Waals surface area contributed by atoms with Gasteiger partial charge in [-0.05, 0) is 36.4 Å². The van der Waals surface area contributed by atoms with Crippen LogP contribution in [0.2, 0.25) is 0 Å². The summed E-state index contributed by atoms with van der Waals surface area (Å²) in [5, 5.41) is 1.97. The predicted octanol–water partition coefficient (Wildman–Crippen LogP) is 3.02. The number of benzene rings is 1. The highest BCUT2D eigenvalue weighted by Gasteiger charge is 2.26. The average molecular weight is 417 g/mol. The van der Waals surface area contributed by atoms with Crippen LogP contribution in [0.3, 0.4) is 0 Å². The Hall–Kier alpha value is -2.58. The minimum Gasteiger partial charge on any atom is -0.486 e. The summed E-state index contributed by atoms with van der Waals surface area (Å²) in [6, 6.07) is 9.32. The largest absolute Gasteiger partial charge is 0.486 e. The van der Waals surface area contributed by atoms with Crippen LogP contribution >= 0.6 is 11.3 Å². The molecule has 0 spiro atoms. The van der Waals surface area contributed by atoms with Crippen LogP contribution in [0, 0.1) is 5.92 Å². The van der Waals surface area contributed by atoms with Crippen LogP contribution in [0.4, 0.5) is 5.69 Å². The zero-order valence-electron chi connectivity index (χ0n) is 16.0. The molecule has 0 N–H and O–H groups in total. The first-order valence-corrected chi connectivity index (χ1v) is 10.6. The highest BCUT2D eigenvalue weighted by molar-refractivity contribution is 7.09. The quantitative estimate of drug-likeness (QED) is 0.673. The van der Waals surface area contributed by atoms with E-state index in [1.165, 1.54) is 0 Å². The van der Waals surface area contributed by atoms with Crippen molar-refractivity contribution in [2.75, 3.05) is 37.9 Å². The summed E-state index contributed by atoms with van der Waals surface area (Å²) in [5.74, 6) is 0.457. The van der Waals surface area contributed by atoms with E-state index in [1.54, 1.807) is 28.4 Å². The van der Waals surface area contributed by atoms with Crippen molar-refractivity contribution in [2.45, 2.75) is 19.4 Å². The van der Waals surface area contributed by atoms with Crippen LogP contribution in [0.15, 0.2) is 35.7 Å². The standard InChI is InChI=1S/C21H23NO6S/c23-20(14-28-21(24)15-5-7-25-8-6-15)22(13-17-2-1-11-29-17)16-3-4-18-19(12-16)27-10-9-26-18/h1-4,11-12,15H,5-10,13-14H2. The maximum absolute atomic E-state index is 13.0. The number of rotatable bonds is 6. The first-order chi connectivity index (χ1) is 14.2. The number of thiophene rings is 1. The van der Waals surface area contributed by atoms with E-state index in [1.807, 2.05) is 23.6 Å². The van der Waals surface area contributed by atoms with Crippen LogP contribution in [-0.2, 0) is 25.6 Å². The highest BCUT2D eigenvalue weighted by atomic mass is 32.1. The molecule has 3 heterocycles. The molecule has 0 aliphatic carbocycles. The van der Waals surface area contributed by atoms with Gasteiger partial charge in [0.05, 0.1) is 12.5 Å². The van der Waals surface area contributed by atoms with Gasteiger partial charge in [0.1, 0.15) is 13.2 Å². The molecule has 0 bridgehead atoms. The molecule has 2 aliphatic rings. The van der Waals surface area contributed by atoms with Gasteiger partial charge in [-0.2, -0.15) is 0 Å². The topological polar surface area (TPSA) is 74.3 Å². The second-order valence-corrected chi connectivity index (χ2v) is 7.91. The van der Waals surface area contributed by atoms with Gasteiger partial charge in [-0.15, -0.1) is 11.3 Å². The van der Waals surface area contributed by atoms with Crippen molar-refractivity contribution in [2.24, 2.45) is 5.92 Å². The van der Waals surface area contributed by atoms with Gasteiger partial charge >= 0.3 is 5.97 Å². The van der Waals surface area contributed by atoms with Gasteiger partial charge in [0.2, 0.25) is 0 Å². The van der Waals surface area contributed by atoms with Crippen LogP contribution in [0.5, 0.6) is 11.5 Å². The molecule has 1 saturated heterocycles. The number of anilines is 1. The summed E-state index contributed by atoms with van der Waals surface area (Å²) < 4.78 is 21.8. The second-order valence-electron chi connectivity index (χ2n) is 6.88. The lowest BCUT2D eigenvalue weighted by atomic mass is 10.0. The number of amides is 1. The number of hydrogen-bond acceptors (Lipinski definition) is 7. The van der Waals surface area contributed by atoms with Crippen molar-refractivity contribution < 1.29 is 28.5 Å². The van der Waals surface area contributed by atoms with Crippen molar-refractivity contribution in [3.05, 3.63) is 40.6 Å². The molecule has 2 aliphatic heterocycles. The van der Waals surface area contributed by atoms with Crippen LogP contribution in [0.1, 0.15) is 17.7 Å². The fourth-order valence-corrected chi connectivity index (χ4v) is 4.04. The van der Waals surface area contributed by atoms with Crippen molar-refractivity contribution in [3.8, 4) is 11.5 Å². The van der Waals surface area contributed by atoms with Gasteiger partial charge in [-0.25, -0.2) is 0 Å². The number of hydrogen-bond donors (Lipinski definition) is 0. The molecule has 4 rings (SSSR count). The summed E-state index contributed by atoms with van der Waals surface area (Å²) in [5.41, 5.74) is 0.676. The monoisotopic (exact) mass is 417 g/mol. The molecule has 154 valence electrons. The fraction of sp³-hybridized carbons (Fsp3) is 0.429. The van der Waals surface area contributed by atoms with Crippen LogP contribution in [-0.4, -0.2) is 44.9 Å². The Morgan fingerprint density at radius 1 is 1.07 bits per heavy atom. The van der Waals surface area contributed by atoms with E-state index in [4.69, 9.17) is 18.9 Å². The summed E-state index contributed by atoms with van der Waals surface area (Å²) >= 11 is 1.57. The van der Waals surface area contributed by atoms with Crippen molar-refractivity contribution in [1.82, 2.24) is 0 Å². The lowest BCUT2D eigenvalue weighted by Crippen LogP contribution is -2.35. The van der Waals surface area contributed by atoms with Gasteiger partial charge in [-0.1, -0.05) is 6.07 Å². The Labute approximate surface area is 173 Å². The number of esters is 1. The zero-order chi connectivity index (χ0) is 20.1. The van der Waals surface area contributed by atoms with E-state index in [0.717, 1.165) is 4.88 Å². The number of carbonyl (C=O) groups excluding carboxylic acids is 2. The molecule has 0 saturated carbocycles. The molecule has 0 atom stereocenters. The van der Waals surface area contributed by atoms with Crippen LogP contribution < -0.4 is 14.4 Å². The zero-order valence-corrected chi connectivity index (χ0v) is 16.8. The van der Waals surface area contributed by atoms with Gasteiger partial charge in [-0.3, -0.25) is 9.59 Å². The molecule has 2 aromatic rings. The smallest absolute Gasteiger partial charge is 0.309 e. The summed E-state index contributed by atoms with van der Waals surface area (Å²) in [4.78, 5) is 27.9. The van der Waals surface area contributed by atoms with E-state index in [2.05, 4.69) is 0 Å². The Morgan fingerprint density at radius 2 is 1.86 bits per heavy atom. The summed E-state index contributed by atoms with van der Waals surface area (Å²) in [6.45, 7) is 2.18. The Morgan fingerprint density at radius 3 is 2.62 bits per heavy atom. The normalized spacial score (nSPS) is 16.3. The highest BCUT2D eigenvalue weighted by Crippen LogP contribution is 2.34. The Balaban J connectivity index is 1.47. The number of carbonyl (C=O) groups is 2. The number of fused-ring (bicyclic) bond motifs is 1. The molecule has 1 fully saturated rings. The van der Waals surface area contributed by atoms with Gasteiger partial charge in [0.25, 0.3) is 5.91 Å². The molecule has 1 amide bonds. The maximum atomic E-state index is 13.0. The lowest BCUT2D eigenvalue weighted by molar-refractivity contribution is -0.154. The minimum absolute atomic E-state index is 0.198. The molecule has 7 nitrogen and oxygen atoms in total. The molecule has 0 radical (unpaired) electrons. The average Bonchev–Trinajstić information content (AvgIpc) is 3.29. The number of nitrogens with zero attached hydrogens (tertiary/aromatic N) is 1. The van der Waals surface area contributed by atoms with E-state index in [9.17, 15) is 9.59 Å². The number of ether oxygens (including phenoxy) is 4. The molecule has 1 aromatic heterocycles. The Bertz CT molecular complexity index is 847. The van der Waals surface area contributed by atoms with E-state index in [-0.39, 0.29) is 24.4 Å². The molecular formula is C21H23NO6S. The fourth-order valence-electron chi connectivity index (χ4n) is 3.34. The first kappa shape index (κ1) is 19.7. The lowest BCUT2D eigenvalue weighted by Gasteiger charge is -2.26. The SMILES string of the molecule is O=C(OCC(=O)N(Cc1cccs1)c1ccc2c(c1)OCCO2)C1CCOCC1. The van der Waals surface area contributed by atoms with Crippen molar-refractivity contribution in [3.63, 3.8) is 0 Å². The van der Waals surface area contributed by atoms with Crippen molar-refractivity contribution in [1.29, 1.82) is 0 Å². The third-order valence-corrected chi connectivity index (χ3v) is 5.79. The van der Waals surface area contributed by atoms with Gasteiger partial charge < -0.3 is 23.8 Å². The van der Waals surface area contributed by atoms with E-state index in [0.29, 0.717) is 63.0 Å². The van der Waals surface area contributed by atoms with E-state index >= 15 is 0 Å². The third-order valence-electron chi connectivity index (χ3n) is 4.93. The molecule has 8 heteroatoms. The summed E-state index contributed by atoms with van der Waals surface area (Å²) in [7, 11) is 0. The first-order valence-electron chi connectivity index (χ1n) is 9.67. The van der Waals surface area contributed by atoms with Gasteiger partial charge in [0.15, 0.2) is 18.1 Å². The molecule has 1 aromatic carbocycles. The maximum Gasteiger partial charge on any atom is 0.309 e. The minimum atomic E-state index is -0.333. The summed E-state index contributed by atoms with van der Waals surface area (Å²) in [6.07, 6.45) is 1.27. The van der Waals surface area contributed by atoms with Crippen LogP contribution in [0.25, 0.3) is 0 Å². The second kappa shape index (κ2) is 9.28. The van der Waals surface area contributed by atoms with E-state index < -0.39 is 0 Å². The predicted molar refractivity (Wildman–Crippen MR) is 107 cm³/mol. The molecule has 29 heavy (non-hydrogen) atoms. The molecular weight excluding hydrogens is 394 g/mol. The van der Waals surface area contributed by atoms with Gasteiger partial charge in [0, 0.05) is 29.8 Å². The third kappa shape index (κ3) is 4.89. The van der Waals surface area contributed by atoms with Crippen molar-refractivity contribution >= 4 is 28.9 Å². The Kier molecular flexibility index (Phi) is 6.31. The molecule has 0 unspecified atom stereocenters.